The molecule has 2 rings (SSSR count). The average Bonchev–Trinajstić information content (AvgIpc) is 2.65. The van der Waals surface area contributed by atoms with Gasteiger partial charge in [0.05, 0.1) is 34.0 Å². The summed E-state index contributed by atoms with van der Waals surface area (Å²) < 4.78 is 20.8. The summed E-state index contributed by atoms with van der Waals surface area (Å²) in [6, 6.07) is 11.3. The molecule has 0 amide bonds. The molecule has 5 nitrogen and oxygen atoms in total. The minimum Gasteiger partial charge on any atom is -0.493 e. The molecule has 24 heavy (non-hydrogen) atoms. The molecule has 0 spiro atoms. The Hall–Kier alpha value is -2.69. The van der Waals surface area contributed by atoms with Crippen molar-refractivity contribution in [2.75, 3.05) is 28.4 Å². The van der Waals surface area contributed by atoms with Gasteiger partial charge in [0.1, 0.15) is 0 Å². The first kappa shape index (κ1) is 17.7. The molecule has 2 aromatic carbocycles. The van der Waals surface area contributed by atoms with Crippen LogP contribution in [-0.2, 0) is 17.6 Å². The molecule has 0 heterocycles. The van der Waals surface area contributed by atoms with Crippen LogP contribution in [0.2, 0.25) is 0 Å². The molecule has 0 aliphatic carbocycles. The monoisotopic (exact) mass is 330 g/mol. The van der Waals surface area contributed by atoms with Crippen LogP contribution in [0.15, 0.2) is 36.4 Å². The molecular formula is C19H22O5. The van der Waals surface area contributed by atoms with E-state index in [1.54, 1.807) is 33.5 Å². The van der Waals surface area contributed by atoms with E-state index < -0.39 is 0 Å². The smallest absolute Gasteiger partial charge is 0.337 e. The Morgan fingerprint density at radius 2 is 1.33 bits per heavy atom. The van der Waals surface area contributed by atoms with E-state index in [1.807, 2.05) is 24.3 Å². The van der Waals surface area contributed by atoms with Crippen LogP contribution < -0.4 is 14.2 Å². The molecule has 0 aliphatic heterocycles. The molecular weight excluding hydrogens is 308 g/mol. The van der Waals surface area contributed by atoms with Crippen LogP contribution in [0.4, 0.5) is 0 Å². The van der Waals surface area contributed by atoms with Gasteiger partial charge in [-0.3, -0.25) is 0 Å². The van der Waals surface area contributed by atoms with Gasteiger partial charge in [0.15, 0.2) is 11.5 Å². The first-order chi connectivity index (χ1) is 11.6. The van der Waals surface area contributed by atoms with Crippen LogP contribution in [0.25, 0.3) is 0 Å². The van der Waals surface area contributed by atoms with E-state index in [2.05, 4.69) is 0 Å². The number of carbonyl (C=O) groups excluding carboxylic acids is 1. The zero-order valence-corrected chi connectivity index (χ0v) is 14.4. The van der Waals surface area contributed by atoms with Crippen molar-refractivity contribution in [3.8, 4) is 17.2 Å². The zero-order valence-electron chi connectivity index (χ0n) is 14.4. The van der Waals surface area contributed by atoms with Gasteiger partial charge in [-0.1, -0.05) is 12.1 Å². The van der Waals surface area contributed by atoms with Gasteiger partial charge in [-0.2, -0.15) is 0 Å². The van der Waals surface area contributed by atoms with E-state index >= 15 is 0 Å². The lowest BCUT2D eigenvalue weighted by Gasteiger charge is -2.14. The van der Waals surface area contributed by atoms with Crippen molar-refractivity contribution in [3.63, 3.8) is 0 Å². The van der Waals surface area contributed by atoms with Crippen molar-refractivity contribution in [3.05, 3.63) is 53.1 Å². The van der Waals surface area contributed by atoms with Gasteiger partial charge in [-0.05, 0) is 48.2 Å². The van der Waals surface area contributed by atoms with E-state index in [0.717, 1.165) is 24.0 Å². The van der Waals surface area contributed by atoms with Gasteiger partial charge in [0.2, 0.25) is 5.75 Å². The van der Waals surface area contributed by atoms with E-state index in [4.69, 9.17) is 18.9 Å². The quantitative estimate of drug-likeness (QED) is 0.729. The largest absolute Gasteiger partial charge is 0.493 e. The highest BCUT2D eigenvalue weighted by Gasteiger charge is 2.13. The van der Waals surface area contributed by atoms with Crippen LogP contribution in [-0.4, -0.2) is 34.4 Å². The Kier molecular flexibility index (Phi) is 6.07. The number of rotatable bonds is 7. The summed E-state index contributed by atoms with van der Waals surface area (Å²) >= 11 is 0. The molecule has 0 saturated carbocycles. The molecule has 0 aliphatic rings. The fourth-order valence-electron chi connectivity index (χ4n) is 2.49. The Morgan fingerprint density at radius 3 is 1.79 bits per heavy atom. The Labute approximate surface area is 142 Å². The third-order valence-electron chi connectivity index (χ3n) is 3.80. The summed E-state index contributed by atoms with van der Waals surface area (Å²) in [5, 5.41) is 0. The van der Waals surface area contributed by atoms with Crippen LogP contribution in [0.3, 0.4) is 0 Å². The number of benzene rings is 2. The molecule has 0 radical (unpaired) electrons. The maximum absolute atomic E-state index is 11.4. The second-order valence-corrected chi connectivity index (χ2v) is 5.22. The standard InChI is InChI=1S/C19H22O5/c1-21-16-11-14(12-17(22-2)18(16)23-3)6-5-13-7-9-15(10-8-13)19(20)24-4/h7-12H,5-6H2,1-4H3. The number of hydrogen-bond donors (Lipinski definition) is 0. The molecule has 0 aromatic heterocycles. The fourth-order valence-corrected chi connectivity index (χ4v) is 2.49. The third-order valence-corrected chi connectivity index (χ3v) is 3.80. The first-order valence-corrected chi connectivity index (χ1v) is 7.59. The highest BCUT2D eigenvalue weighted by Crippen LogP contribution is 2.38. The van der Waals surface area contributed by atoms with Gasteiger partial charge in [-0.15, -0.1) is 0 Å². The van der Waals surface area contributed by atoms with Crippen molar-refractivity contribution in [2.24, 2.45) is 0 Å². The first-order valence-electron chi connectivity index (χ1n) is 7.59. The van der Waals surface area contributed by atoms with Crippen molar-refractivity contribution in [2.45, 2.75) is 12.8 Å². The lowest BCUT2D eigenvalue weighted by molar-refractivity contribution is 0.0600. The van der Waals surface area contributed by atoms with Crippen LogP contribution in [0.5, 0.6) is 17.2 Å². The van der Waals surface area contributed by atoms with Gasteiger partial charge < -0.3 is 18.9 Å². The highest BCUT2D eigenvalue weighted by atomic mass is 16.5. The van der Waals surface area contributed by atoms with E-state index in [9.17, 15) is 4.79 Å². The Balaban J connectivity index is 2.12. The minimum absolute atomic E-state index is 0.328. The normalized spacial score (nSPS) is 10.2. The number of methoxy groups -OCH3 is 4. The van der Waals surface area contributed by atoms with E-state index in [-0.39, 0.29) is 5.97 Å². The Morgan fingerprint density at radius 1 is 0.792 bits per heavy atom. The van der Waals surface area contributed by atoms with E-state index in [1.165, 1.54) is 7.11 Å². The van der Waals surface area contributed by atoms with Crippen molar-refractivity contribution in [1.29, 1.82) is 0 Å². The fraction of sp³-hybridized carbons (Fsp3) is 0.316. The third kappa shape index (κ3) is 3.98. The predicted molar refractivity (Wildman–Crippen MR) is 91.3 cm³/mol. The minimum atomic E-state index is -0.328. The SMILES string of the molecule is COC(=O)c1ccc(CCc2cc(OC)c(OC)c(OC)c2)cc1. The number of ether oxygens (including phenoxy) is 4. The molecule has 128 valence electrons. The number of carbonyl (C=O) groups is 1. The summed E-state index contributed by atoms with van der Waals surface area (Å²) in [4.78, 5) is 11.4. The summed E-state index contributed by atoms with van der Waals surface area (Å²) in [7, 11) is 6.17. The molecule has 0 atom stereocenters. The highest BCUT2D eigenvalue weighted by molar-refractivity contribution is 5.89. The van der Waals surface area contributed by atoms with Gasteiger partial charge in [0, 0.05) is 0 Å². The molecule has 2 aromatic rings. The van der Waals surface area contributed by atoms with Crippen molar-refractivity contribution in [1.82, 2.24) is 0 Å². The summed E-state index contributed by atoms with van der Waals surface area (Å²) in [5.74, 6) is 1.55. The number of esters is 1. The lowest BCUT2D eigenvalue weighted by atomic mass is 10.0. The second-order valence-electron chi connectivity index (χ2n) is 5.22. The topological polar surface area (TPSA) is 54.0 Å². The van der Waals surface area contributed by atoms with Crippen LogP contribution in [0, 0.1) is 0 Å². The zero-order chi connectivity index (χ0) is 17.5. The van der Waals surface area contributed by atoms with Crippen LogP contribution in [0.1, 0.15) is 21.5 Å². The number of hydrogen-bond acceptors (Lipinski definition) is 5. The molecule has 0 unspecified atom stereocenters. The Bertz CT molecular complexity index is 666. The van der Waals surface area contributed by atoms with Gasteiger partial charge in [-0.25, -0.2) is 4.79 Å². The van der Waals surface area contributed by atoms with Crippen LogP contribution >= 0.6 is 0 Å². The van der Waals surface area contributed by atoms with Gasteiger partial charge >= 0.3 is 5.97 Å². The maximum atomic E-state index is 11.4. The molecule has 5 heteroatoms. The average molecular weight is 330 g/mol. The maximum Gasteiger partial charge on any atom is 0.337 e. The van der Waals surface area contributed by atoms with Crippen molar-refractivity contribution < 1.29 is 23.7 Å². The molecule has 0 saturated heterocycles. The second kappa shape index (κ2) is 8.24. The summed E-state index contributed by atoms with van der Waals surface area (Å²) in [6.07, 6.45) is 1.65. The number of aryl methyl sites for hydroxylation is 2. The molecule has 0 N–H and O–H groups in total. The predicted octanol–water partition coefficient (Wildman–Crippen LogP) is 3.28. The summed E-state index contributed by atoms with van der Waals surface area (Å²) in [5.41, 5.74) is 2.77. The van der Waals surface area contributed by atoms with E-state index in [0.29, 0.717) is 22.8 Å². The summed E-state index contributed by atoms with van der Waals surface area (Å²) in [6.45, 7) is 0. The molecule has 0 fully saturated rings. The van der Waals surface area contributed by atoms with Crippen molar-refractivity contribution >= 4 is 5.97 Å². The lowest BCUT2D eigenvalue weighted by Crippen LogP contribution is -2.01. The van der Waals surface area contributed by atoms with Gasteiger partial charge in [0.25, 0.3) is 0 Å². The molecule has 0 bridgehead atoms.